The van der Waals surface area contributed by atoms with E-state index in [4.69, 9.17) is 4.74 Å². The number of aryl methyl sites for hydroxylation is 2. The van der Waals surface area contributed by atoms with Crippen molar-refractivity contribution >= 4 is 16.6 Å². The van der Waals surface area contributed by atoms with E-state index in [2.05, 4.69) is 69.3 Å². The van der Waals surface area contributed by atoms with E-state index in [9.17, 15) is 4.79 Å². The predicted molar refractivity (Wildman–Crippen MR) is 177 cm³/mol. The molecule has 0 aliphatic heterocycles. The van der Waals surface area contributed by atoms with Gasteiger partial charge < -0.3 is 4.74 Å². The number of Topliss-reactive ketones (excluding diaryl/α,β-unsaturated/α-hetero) is 1. The van der Waals surface area contributed by atoms with Gasteiger partial charge in [0.05, 0.1) is 6.61 Å². The Kier molecular flexibility index (Phi) is 15.6. The van der Waals surface area contributed by atoms with Gasteiger partial charge in [-0.1, -0.05) is 153 Å². The predicted octanol–water partition coefficient (Wildman–Crippen LogP) is 11.7. The summed E-state index contributed by atoms with van der Waals surface area (Å²) in [4.78, 5) is 12.8. The van der Waals surface area contributed by atoms with E-state index in [1.165, 1.54) is 98.9 Å². The summed E-state index contributed by atoms with van der Waals surface area (Å²) in [6, 6.07) is 21.6. The Labute approximate surface area is 251 Å². The van der Waals surface area contributed by atoms with Crippen LogP contribution in [-0.2, 0) is 12.8 Å². The van der Waals surface area contributed by atoms with E-state index in [1.807, 2.05) is 12.1 Å². The third-order valence-corrected chi connectivity index (χ3v) is 8.46. The van der Waals surface area contributed by atoms with Crippen LogP contribution in [0.5, 0.6) is 5.75 Å². The summed E-state index contributed by atoms with van der Waals surface area (Å²) in [5, 5.41) is 2.50. The molecule has 2 nitrogen and oxygen atoms in total. The molecular weight excluding hydrogens is 500 g/mol. The number of unbranched alkanes of at least 4 members (excludes halogenated alkanes) is 11. The van der Waals surface area contributed by atoms with Crippen LogP contribution in [-0.4, -0.2) is 12.4 Å². The summed E-state index contributed by atoms with van der Waals surface area (Å²) in [6.45, 7) is 7.55. The zero-order valence-corrected chi connectivity index (χ0v) is 26.4. The van der Waals surface area contributed by atoms with E-state index in [1.54, 1.807) is 0 Å². The van der Waals surface area contributed by atoms with Crippen LogP contribution in [0.1, 0.15) is 139 Å². The molecule has 0 aliphatic carbocycles. The molecule has 0 radical (unpaired) electrons. The topological polar surface area (TPSA) is 26.3 Å². The molecule has 3 rings (SSSR count). The summed E-state index contributed by atoms with van der Waals surface area (Å²) in [5.41, 5.74) is 3.49. The molecule has 0 saturated heterocycles. The first-order valence-electron chi connectivity index (χ1n) is 16.9. The molecule has 1 atom stereocenters. The largest absolute Gasteiger partial charge is 0.494 e. The van der Waals surface area contributed by atoms with Crippen LogP contribution in [0.25, 0.3) is 10.8 Å². The van der Waals surface area contributed by atoms with Crippen LogP contribution in [0.15, 0.2) is 60.7 Å². The molecule has 41 heavy (non-hydrogen) atoms. The van der Waals surface area contributed by atoms with Crippen LogP contribution >= 0.6 is 0 Å². The van der Waals surface area contributed by atoms with Crippen LogP contribution in [0.3, 0.4) is 0 Å². The molecule has 0 unspecified atom stereocenters. The highest BCUT2D eigenvalue weighted by molar-refractivity contribution is 5.96. The fourth-order valence-electron chi connectivity index (χ4n) is 5.72. The lowest BCUT2D eigenvalue weighted by Gasteiger charge is -2.11. The van der Waals surface area contributed by atoms with E-state index in [-0.39, 0.29) is 5.78 Å². The summed E-state index contributed by atoms with van der Waals surface area (Å²) < 4.78 is 6.05. The van der Waals surface area contributed by atoms with Crippen LogP contribution in [0, 0.1) is 5.92 Å². The second-order valence-electron chi connectivity index (χ2n) is 12.3. The number of fused-ring (bicyclic) bond motifs is 1. The molecule has 224 valence electrons. The Morgan fingerprint density at radius 3 is 1.90 bits per heavy atom. The van der Waals surface area contributed by atoms with Gasteiger partial charge in [0.1, 0.15) is 5.75 Å². The second kappa shape index (κ2) is 19.5. The summed E-state index contributed by atoms with van der Waals surface area (Å²) in [6.07, 6.45) is 20.8. The lowest BCUT2D eigenvalue weighted by Crippen LogP contribution is -2.06. The van der Waals surface area contributed by atoms with Crippen LogP contribution in [0.4, 0.5) is 0 Å². The second-order valence-corrected chi connectivity index (χ2v) is 12.3. The maximum Gasteiger partial charge on any atom is 0.163 e. The third kappa shape index (κ3) is 12.8. The van der Waals surface area contributed by atoms with Gasteiger partial charge in [0.2, 0.25) is 0 Å². The van der Waals surface area contributed by atoms with Gasteiger partial charge in [0, 0.05) is 12.0 Å². The number of carbonyl (C=O) groups is 1. The molecule has 0 aliphatic rings. The van der Waals surface area contributed by atoms with Gasteiger partial charge in [-0.25, -0.2) is 0 Å². The molecule has 0 amide bonds. The fourth-order valence-corrected chi connectivity index (χ4v) is 5.72. The minimum Gasteiger partial charge on any atom is -0.494 e. The van der Waals surface area contributed by atoms with Crippen molar-refractivity contribution in [2.45, 2.75) is 130 Å². The molecule has 3 aromatic carbocycles. The van der Waals surface area contributed by atoms with Crippen molar-refractivity contribution in [3.8, 4) is 5.75 Å². The highest BCUT2D eigenvalue weighted by atomic mass is 16.5. The zero-order valence-electron chi connectivity index (χ0n) is 26.4. The number of hydrogen-bond acceptors (Lipinski definition) is 2. The fraction of sp³-hybridized carbons (Fsp3) is 0.564. The Balaban J connectivity index is 1.38. The van der Waals surface area contributed by atoms with Gasteiger partial charge in [-0.3, -0.25) is 4.79 Å². The van der Waals surface area contributed by atoms with Crippen molar-refractivity contribution in [1.82, 2.24) is 0 Å². The summed E-state index contributed by atoms with van der Waals surface area (Å²) >= 11 is 0. The third-order valence-electron chi connectivity index (χ3n) is 8.46. The van der Waals surface area contributed by atoms with Gasteiger partial charge >= 0.3 is 0 Å². The maximum atomic E-state index is 12.8. The average molecular weight is 557 g/mol. The first-order valence-corrected chi connectivity index (χ1v) is 16.9. The number of ketones is 1. The number of rotatable bonds is 22. The van der Waals surface area contributed by atoms with E-state index in [0.717, 1.165) is 43.6 Å². The minimum absolute atomic E-state index is 0.285. The number of ether oxygens (including phenoxy) is 1. The van der Waals surface area contributed by atoms with Crippen molar-refractivity contribution in [2.24, 2.45) is 5.92 Å². The van der Waals surface area contributed by atoms with E-state index < -0.39 is 0 Å². The molecule has 0 bridgehead atoms. The highest BCUT2D eigenvalue weighted by Crippen LogP contribution is 2.24. The number of hydrogen-bond donors (Lipinski definition) is 0. The Bertz CT molecular complexity index is 1130. The molecule has 0 fully saturated rings. The number of carbonyl (C=O) groups excluding carboxylic acids is 1. The Morgan fingerprint density at radius 1 is 0.634 bits per heavy atom. The standard InChI is InChI=1S/C39H56O2/c1-4-6-8-10-11-12-14-16-28-41-38-27-26-36-30-34(22-25-37(36)31-38)19-18-33-20-23-35(24-21-33)39(40)29-32(3)17-15-13-9-7-5-2/h20-27,30-32H,4-19,28-29H2,1-3H3/t32-/m1/s1. The SMILES string of the molecule is CCCCCCCCCCOc1ccc2cc(CCc3ccc(C(=O)C[C@H](C)CCCCCCC)cc3)ccc2c1. The highest BCUT2D eigenvalue weighted by Gasteiger charge is 2.11. The average Bonchev–Trinajstić information content (AvgIpc) is 2.99. The van der Waals surface area contributed by atoms with Crippen molar-refractivity contribution < 1.29 is 9.53 Å². The van der Waals surface area contributed by atoms with Crippen LogP contribution < -0.4 is 4.74 Å². The molecule has 3 aromatic rings. The lowest BCUT2D eigenvalue weighted by molar-refractivity contribution is 0.0962. The van der Waals surface area contributed by atoms with Gasteiger partial charge in [-0.05, 0) is 59.2 Å². The van der Waals surface area contributed by atoms with Crippen molar-refractivity contribution in [3.05, 3.63) is 77.4 Å². The number of benzene rings is 3. The van der Waals surface area contributed by atoms with Crippen molar-refractivity contribution in [1.29, 1.82) is 0 Å². The van der Waals surface area contributed by atoms with Gasteiger partial charge in [-0.2, -0.15) is 0 Å². The molecule has 0 N–H and O–H groups in total. The molecule has 0 aromatic heterocycles. The van der Waals surface area contributed by atoms with Crippen LogP contribution in [0.2, 0.25) is 0 Å². The molecular formula is C39H56O2. The van der Waals surface area contributed by atoms with Gasteiger partial charge in [-0.15, -0.1) is 0 Å². The first-order chi connectivity index (χ1) is 20.1. The quantitative estimate of drug-likeness (QED) is 0.0908. The van der Waals surface area contributed by atoms with Crippen molar-refractivity contribution in [2.75, 3.05) is 6.61 Å². The van der Waals surface area contributed by atoms with E-state index in [0.29, 0.717) is 12.3 Å². The van der Waals surface area contributed by atoms with E-state index >= 15 is 0 Å². The Morgan fingerprint density at radius 2 is 1.20 bits per heavy atom. The first kappa shape index (κ1) is 32.9. The van der Waals surface area contributed by atoms with Gasteiger partial charge in [0.25, 0.3) is 0 Å². The summed E-state index contributed by atoms with van der Waals surface area (Å²) in [5.74, 6) is 1.73. The normalized spacial score (nSPS) is 12.1. The molecule has 0 spiro atoms. The minimum atomic E-state index is 0.285. The molecule has 0 heterocycles. The van der Waals surface area contributed by atoms with Gasteiger partial charge in [0.15, 0.2) is 5.78 Å². The summed E-state index contributed by atoms with van der Waals surface area (Å²) in [7, 11) is 0. The molecule has 0 saturated carbocycles. The smallest absolute Gasteiger partial charge is 0.163 e. The van der Waals surface area contributed by atoms with Crippen molar-refractivity contribution in [3.63, 3.8) is 0 Å². The zero-order chi connectivity index (χ0) is 29.1. The lowest BCUT2D eigenvalue weighted by atomic mass is 9.94. The Hall–Kier alpha value is -2.61. The monoisotopic (exact) mass is 556 g/mol. The maximum absolute atomic E-state index is 12.8. The molecule has 2 heteroatoms.